The van der Waals surface area contributed by atoms with Gasteiger partial charge in [0.2, 0.25) is 0 Å². The second kappa shape index (κ2) is 8.42. The largest absolute Gasteiger partial charge is 0.497 e. The molecular formula is C27H27N2O3+. The van der Waals surface area contributed by atoms with Crippen LogP contribution in [0.15, 0.2) is 72.8 Å². The molecule has 1 aliphatic rings. The normalized spacial score (nSPS) is 12.5. The molecule has 0 aliphatic carbocycles. The van der Waals surface area contributed by atoms with Gasteiger partial charge in [-0.2, -0.15) is 4.57 Å². The van der Waals surface area contributed by atoms with Crippen LogP contribution in [-0.4, -0.2) is 25.9 Å². The number of aromatic nitrogens is 2. The topological polar surface area (TPSA) is 36.5 Å². The number of ether oxygens (including phenoxy) is 3. The zero-order valence-electron chi connectivity index (χ0n) is 18.7. The molecule has 4 aromatic rings. The van der Waals surface area contributed by atoms with Crippen LogP contribution >= 0.6 is 0 Å². The van der Waals surface area contributed by atoms with E-state index < -0.39 is 0 Å². The van der Waals surface area contributed by atoms with Crippen LogP contribution in [0.5, 0.6) is 17.2 Å². The Morgan fingerprint density at radius 3 is 1.69 bits per heavy atom. The minimum Gasteiger partial charge on any atom is -0.497 e. The number of imidazole rings is 1. The van der Waals surface area contributed by atoms with Gasteiger partial charge in [-0.05, 0) is 79.2 Å². The number of benzene rings is 3. The van der Waals surface area contributed by atoms with Crippen LogP contribution in [0.2, 0.25) is 0 Å². The third-order valence-corrected chi connectivity index (χ3v) is 6.13. The molecule has 32 heavy (non-hydrogen) atoms. The lowest BCUT2D eigenvalue weighted by molar-refractivity contribution is -0.679. The molecular weight excluding hydrogens is 400 g/mol. The minimum atomic E-state index is 0.850. The number of fused-ring (bicyclic) bond motifs is 1. The molecule has 1 aliphatic heterocycles. The smallest absolute Gasteiger partial charge is 0.262 e. The van der Waals surface area contributed by atoms with Crippen molar-refractivity contribution in [2.75, 3.05) is 21.3 Å². The minimum absolute atomic E-state index is 0.850. The molecule has 0 saturated heterocycles. The van der Waals surface area contributed by atoms with Crippen LogP contribution in [0.1, 0.15) is 12.2 Å². The van der Waals surface area contributed by atoms with E-state index in [9.17, 15) is 0 Å². The first-order valence-corrected chi connectivity index (χ1v) is 10.8. The molecule has 2 heterocycles. The molecule has 0 radical (unpaired) electrons. The summed E-state index contributed by atoms with van der Waals surface area (Å²) in [4.78, 5) is 0. The Morgan fingerprint density at radius 2 is 1.16 bits per heavy atom. The molecule has 3 aromatic carbocycles. The molecule has 162 valence electrons. The molecule has 0 unspecified atom stereocenters. The first-order valence-electron chi connectivity index (χ1n) is 10.8. The van der Waals surface area contributed by atoms with Gasteiger partial charge in [0.15, 0.2) is 11.4 Å². The number of nitrogens with zero attached hydrogens (tertiary/aromatic N) is 2. The van der Waals surface area contributed by atoms with E-state index >= 15 is 0 Å². The molecule has 5 nitrogen and oxygen atoms in total. The van der Waals surface area contributed by atoms with E-state index in [1.807, 2.05) is 36.4 Å². The van der Waals surface area contributed by atoms with Crippen molar-refractivity contribution < 1.29 is 18.8 Å². The lowest BCUT2D eigenvalue weighted by Gasteiger charge is -2.09. The lowest BCUT2D eigenvalue weighted by Crippen LogP contribution is -2.33. The van der Waals surface area contributed by atoms with Crippen molar-refractivity contribution in [3.05, 3.63) is 78.6 Å². The fourth-order valence-corrected chi connectivity index (χ4v) is 4.56. The van der Waals surface area contributed by atoms with Gasteiger partial charge in [0.1, 0.15) is 22.9 Å². The highest BCUT2D eigenvalue weighted by atomic mass is 16.5. The van der Waals surface area contributed by atoms with E-state index in [0.29, 0.717) is 0 Å². The maximum atomic E-state index is 5.41. The van der Waals surface area contributed by atoms with Gasteiger partial charge in [0, 0.05) is 11.1 Å². The highest BCUT2D eigenvalue weighted by Gasteiger charge is 2.36. The van der Waals surface area contributed by atoms with Crippen LogP contribution < -0.4 is 18.8 Å². The Balaban J connectivity index is 1.78. The van der Waals surface area contributed by atoms with E-state index in [1.165, 1.54) is 22.8 Å². The predicted molar refractivity (Wildman–Crippen MR) is 125 cm³/mol. The predicted octanol–water partition coefficient (Wildman–Crippen LogP) is 5.07. The molecule has 0 saturated carbocycles. The molecule has 1 aromatic heterocycles. The van der Waals surface area contributed by atoms with Gasteiger partial charge in [-0.15, -0.1) is 0 Å². The van der Waals surface area contributed by atoms with E-state index in [0.717, 1.165) is 47.9 Å². The highest BCUT2D eigenvalue weighted by molar-refractivity contribution is 5.79. The van der Waals surface area contributed by atoms with Gasteiger partial charge < -0.3 is 14.2 Å². The van der Waals surface area contributed by atoms with Crippen LogP contribution in [0, 0.1) is 0 Å². The summed E-state index contributed by atoms with van der Waals surface area (Å²) in [6.45, 7) is 1.00. The molecule has 5 rings (SSSR count). The zero-order chi connectivity index (χ0) is 22.1. The van der Waals surface area contributed by atoms with Crippen LogP contribution in [-0.2, 0) is 13.0 Å². The second-order valence-electron chi connectivity index (χ2n) is 7.86. The molecule has 0 spiro atoms. The first-order chi connectivity index (χ1) is 15.7. The number of rotatable bonds is 6. The Labute approximate surface area is 188 Å². The fraction of sp³-hybridized carbons (Fsp3) is 0.222. The molecule has 0 bridgehead atoms. The summed E-state index contributed by atoms with van der Waals surface area (Å²) in [5.74, 6) is 3.87. The van der Waals surface area contributed by atoms with Gasteiger partial charge in [0.25, 0.3) is 5.82 Å². The van der Waals surface area contributed by atoms with Crippen molar-refractivity contribution in [2.24, 2.45) is 0 Å². The van der Waals surface area contributed by atoms with Gasteiger partial charge in [0.05, 0.1) is 34.3 Å². The van der Waals surface area contributed by atoms with Crippen LogP contribution in [0.3, 0.4) is 0 Å². The first kappa shape index (κ1) is 20.2. The van der Waals surface area contributed by atoms with E-state index in [2.05, 4.69) is 45.5 Å². The third-order valence-electron chi connectivity index (χ3n) is 6.13. The van der Waals surface area contributed by atoms with E-state index in [4.69, 9.17) is 14.2 Å². The van der Waals surface area contributed by atoms with Gasteiger partial charge >= 0.3 is 0 Å². The van der Waals surface area contributed by atoms with Gasteiger partial charge in [-0.3, -0.25) is 0 Å². The fourth-order valence-electron chi connectivity index (χ4n) is 4.56. The molecule has 0 amide bonds. The summed E-state index contributed by atoms with van der Waals surface area (Å²) in [5, 5.41) is 0. The maximum Gasteiger partial charge on any atom is 0.262 e. The quantitative estimate of drug-likeness (QED) is 0.403. The van der Waals surface area contributed by atoms with Gasteiger partial charge in [-0.1, -0.05) is 0 Å². The molecule has 0 fully saturated rings. The summed E-state index contributed by atoms with van der Waals surface area (Å²) < 4.78 is 21.1. The maximum absolute atomic E-state index is 5.41. The standard InChI is InChI=1S/C27H27N2O3/c1-30-22-12-6-19(7-13-22)26-27(20-8-14-23(31-2)15-9-20)29(25-5-4-18-28(25)26)21-10-16-24(32-3)17-11-21/h6-17H,4-5,18H2,1-3H3/q+1. The second-order valence-corrected chi connectivity index (χ2v) is 7.86. The summed E-state index contributed by atoms with van der Waals surface area (Å²) in [6, 6.07) is 25.0. The highest BCUT2D eigenvalue weighted by Crippen LogP contribution is 2.37. The Hall–Kier alpha value is -3.73. The SMILES string of the molecule is COc1ccc(-c2c(-c3ccc(OC)cc3)[n+]3c(n2-c2ccc(OC)cc2)CCC3)cc1. The number of methoxy groups -OCH3 is 3. The monoisotopic (exact) mass is 427 g/mol. The average molecular weight is 428 g/mol. The Morgan fingerprint density at radius 1 is 0.656 bits per heavy atom. The number of hydrogen-bond acceptors (Lipinski definition) is 3. The Bertz CT molecular complexity index is 1150. The van der Waals surface area contributed by atoms with Gasteiger partial charge in [-0.25, -0.2) is 4.57 Å². The molecule has 0 atom stereocenters. The third kappa shape index (κ3) is 3.40. The lowest BCUT2D eigenvalue weighted by atomic mass is 10.0. The van der Waals surface area contributed by atoms with Crippen molar-refractivity contribution in [1.29, 1.82) is 0 Å². The van der Waals surface area contributed by atoms with Crippen molar-refractivity contribution in [1.82, 2.24) is 4.57 Å². The van der Waals surface area contributed by atoms with E-state index in [-0.39, 0.29) is 0 Å². The summed E-state index contributed by atoms with van der Waals surface area (Å²) in [7, 11) is 5.09. The van der Waals surface area contributed by atoms with Crippen LogP contribution in [0.25, 0.3) is 28.2 Å². The van der Waals surface area contributed by atoms with E-state index in [1.54, 1.807) is 21.3 Å². The zero-order valence-corrected chi connectivity index (χ0v) is 18.7. The Kier molecular flexibility index (Phi) is 5.31. The van der Waals surface area contributed by atoms with Crippen molar-refractivity contribution >= 4 is 0 Å². The van der Waals surface area contributed by atoms with Crippen molar-refractivity contribution in [2.45, 2.75) is 19.4 Å². The number of hydrogen-bond donors (Lipinski definition) is 0. The summed E-state index contributed by atoms with van der Waals surface area (Å²) in [5.41, 5.74) is 5.85. The van der Waals surface area contributed by atoms with Crippen molar-refractivity contribution in [3.63, 3.8) is 0 Å². The average Bonchev–Trinajstić information content (AvgIpc) is 3.45. The van der Waals surface area contributed by atoms with Crippen molar-refractivity contribution in [3.8, 4) is 45.5 Å². The summed E-state index contributed by atoms with van der Waals surface area (Å²) >= 11 is 0. The molecule has 5 heteroatoms. The summed E-state index contributed by atoms with van der Waals surface area (Å²) in [6.07, 6.45) is 2.17. The molecule has 0 N–H and O–H groups in total. The van der Waals surface area contributed by atoms with Crippen LogP contribution in [0.4, 0.5) is 0 Å².